The lowest BCUT2D eigenvalue weighted by Crippen LogP contribution is -2.42. The molecule has 2 saturated carbocycles. The van der Waals surface area contributed by atoms with Gasteiger partial charge in [0.15, 0.2) is 18.1 Å². The van der Waals surface area contributed by atoms with E-state index in [1.54, 1.807) is 30.0 Å². The molecule has 240 valence electrons. The van der Waals surface area contributed by atoms with Crippen LogP contribution in [0.3, 0.4) is 0 Å². The Hall–Kier alpha value is -3.94. The van der Waals surface area contributed by atoms with Crippen molar-refractivity contribution in [1.82, 2.24) is 4.98 Å². The molecule has 3 fully saturated rings. The Balaban J connectivity index is 1.09. The fourth-order valence-corrected chi connectivity index (χ4v) is 11.3. The molecule has 3 amide bonds. The van der Waals surface area contributed by atoms with Crippen molar-refractivity contribution < 1.29 is 28.2 Å². The first-order valence-corrected chi connectivity index (χ1v) is 17.6. The average Bonchev–Trinajstić information content (AvgIpc) is 3.80. The standard InChI is InChI=1S/C34H27BrFN3O6S2/c1-44-23-12-15(2-11-22(23)45-14-24(40)37-18-7-5-17(36)6-8-18)25-26-20-13-21(29(26)46-31-30(25)47-34(43)38-31)28-27(20)32(41)39(33(28)42)19-9-3-16(35)4-10-19/h2-12,20-21,25-29H,13-14H2,1H3,(H,37,40)(H,38,43)/t20-,21-,25-,26?,27?,28?,29?/m1/s1. The number of aromatic amines is 1. The van der Waals surface area contributed by atoms with E-state index in [2.05, 4.69) is 26.2 Å². The SMILES string of the molecule is COc1cc([C@H]2c3sc(=O)[nH]c3SC3C2[C@H]2C[C@@H]3C3C(=O)N(c4ccc(Br)cc4)C(=O)C32)ccc1OCC(=O)Nc1ccc(F)cc1. The monoisotopic (exact) mass is 735 g/mol. The Bertz CT molecular complexity index is 1980. The molecule has 7 atom stereocenters. The number of H-pyrrole nitrogens is 1. The third kappa shape index (κ3) is 5.01. The number of aromatic nitrogens is 1. The van der Waals surface area contributed by atoms with E-state index in [0.29, 0.717) is 22.9 Å². The Kier molecular flexibility index (Phi) is 7.53. The first-order valence-electron chi connectivity index (χ1n) is 15.1. The third-order valence-corrected chi connectivity index (χ3v) is 13.0. The highest BCUT2D eigenvalue weighted by atomic mass is 79.9. The summed E-state index contributed by atoms with van der Waals surface area (Å²) in [7, 11) is 1.52. The van der Waals surface area contributed by atoms with Gasteiger partial charge in [0.05, 0.1) is 29.7 Å². The molecule has 47 heavy (non-hydrogen) atoms. The molecule has 2 bridgehead atoms. The highest BCUT2D eigenvalue weighted by molar-refractivity contribution is 9.10. The number of carbonyl (C=O) groups excluding carboxylic acids is 3. The summed E-state index contributed by atoms with van der Waals surface area (Å²) in [6.07, 6.45) is 0.778. The maximum Gasteiger partial charge on any atom is 0.305 e. The van der Waals surface area contributed by atoms with Crippen molar-refractivity contribution >= 4 is 68.1 Å². The van der Waals surface area contributed by atoms with Crippen molar-refractivity contribution in [2.75, 3.05) is 23.9 Å². The van der Waals surface area contributed by atoms with Gasteiger partial charge in [0.25, 0.3) is 5.91 Å². The fourth-order valence-electron chi connectivity index (χ4n) is 8.11. The number of thioether (sulfide) groups is 1. The number of nitrogens with one attached hydrogen (secondary N) is 2. The van der Waals surface area contributed by atoms with Crippen molar-refractivity contribution in [3.63, 3.8) is 0 Å². The number of nitrogens with zero attached hydrogens (tertiary/aromatic N) is 1. The number of benzene rings is 3. The molecule has 2 aliphatic carbocycles. The normalized spacial score (nSPS) is 27.0. The lowest BCUT2D eigenvalue weighted by molar-refractivity contribution is -0.123. The molecule has 3 aromatic carbocycles. The summed E-state index contributed by atoms with van der Waals surface area (Å²) in [5.41, 5.74) is 1.94. The van der Waals surface area contributed by atoms with E-state index in [1.165, 1.54) is 47.6 Å². The molecule has 2 N–H and O–H groups in total. The van der Waals surface area contributed by atoms with Crippen molar-refractivity contribution in [3.05, 3.63) is 97.1 Å². The van der Waals surface area contributed by atoms with Crippen LogP contribution in [0.4, 0.5) is 15.8 Å². The molecule has 4 aliphatic rings. The topological polar surface area (TPSA) is 118 Å². The van der Waals surface area contributed by atoms with Gasteiger partial charge in [-0.1, -0.05) is 33.3 Å². The largest absolute Gasteiger partial charge is 0.493 e. The molecule has 8 rings (SSSR count). The number of carbonyl (C=O) groups is 3. The molecule has 0 radical (unpaired) electrons. The average molecular weight is 737 g/mol. The zero-order chi connectivity index (χ0) is 32.6. The van der Waals surface area contributed by atoms with Crippen LogP contribution in [0.5, 0.6) is 11.5 Å². The van der Waals surface area contributed by atoms with Gasteiger partial charge in [-0.2, -0.15) is 0 Å². The molecule has 1 aromatic heterocycles. The van der Waals surface area contributed by atoms with Crippen LogP contribution in [0.2, 0.25) is 0 Å². The second kappa shape index (κ2) is 11.6. The lowest BCUT2D eigenvalue weighted by Gasteiger charge is -2.43. The number of hydrogen-bond acceptors (Lipinski definition) is 8. The molecular weight excluding hydrogens is 709 g/mol. The summed E-state index contributed by atoms with van der Waals surface area (Å²) in [4.78, 5) is 58.2. The second-order valence-corrected chi connectivity index (χ2v) is 15.3. The van der Waals surface area contributed by atoms with E-state index < -0.39 is 17.6 Å². The second-order valence-electron chi connectivity index (χ2n) is 12.2. The number of ether oxygens (including phenoxy) is 2. The summed E-state index contributed by atoms with van der Waals surface area (Å²) in [5.74, 6) is -1.33. The number of rotatable bonds is 7. The molecular formula is C34H27BrFN3O6S2. The molecule has 2 aliphatic heterocycles. The summed E-state index contributed by atoms with van der Waals surface area (Å²) < 4.78 is 25.6. The Morgan fingerprint density at radius 1 is 1.00 bits per heavy atom. The molecule has 3 heterocycles. The number of methoxy groups -OCH3 is 1. The van der Waals surface area contributed by atoms with Crippen molar-refractivity contribution in [3.8, 4) is 11.5 Å². The maximum absolute atomic E-state index is 14.0. The smallest absolute Gasteiger partial charge is 0.305 e. The van der Waals surface area contributed by atoms with Crippen molar-refractivity contribution in [2.45, 2.75) is 22.6 Å². The molecule has 4 unspecified atom stereocenters. The van der Waals surface area contributed by atoms with Gasteiger partial charge in [0, 0.05) is 26.2 Å². The first kappa shape index (κ1) is 30.4. The quantitative estimate of drug-likeness (QED) is 0.222. The van der Waals surface area contributed by atoms with Gasteiger partial charge in [0.2, 0.25) is 11.8 Å². The van der Waals surface area contributed by atoms with Gasteiger partial charge < -0.3 is 19.8 Å². The van der Waals surface area contributed by atoms with Gasteiger partial charge in [-0.3, -0.25) is 24.1 Å². The van der Waals surface area contributed by atoms with Crippen LogP contribution in [0.15, 0.2) is 81.0 Å². The highest BCUT2D eigenvalue weighted by Crippen LogP contribution is 2.68. The first-order chi connectivity index (χ1) is 22.7. The van der Waals surface area contributed by atoms with Gasteiger partial charge >= 0.3 is 4.87 Å². The zero-order valence-corrected chi connectivity index (χ0v) is 28.0. The number of imide groups is 1. The van der Waals surface area contributed by atoms with Crippen LogP contribution >= 0.6 is 39.0 Å². The van der Waals surface area contributed by atoms with Crippen LogP contribution in [0.1, 0.15) is 22.8 Å². The Morgan fingerprint density at radius 3 is 2.45 bits per heavy atom. The van der Waals surface area contributed by atoms with Gasteiger partial charge in [-0.15, -0.1) is 11.8 Å². The minimum absolute atomic E-state index is 0.0000669. The Morgan fingerprint density at radius 2 is 1.72 bits per heavy atom. The van der Waals surface area contributed by atoms with Crippen molar-refractivity contribution in [1.29, 1.82) is 0 Å². The number of amides is 3. The van der Waals surface area contributed by atoms with Gasteiger partial charge in [0.1, 0.15) is 5.82 Å². The van der Waals surface area contributed by atoms with Crippen LogP contribution in [0.25, 0.3) is 0 Å². The van der Waals surface area contributed by atoms with Crippen molar-refractivity contribution in [2.24, 2.45) is 29.6 Å². The predicted molar refractivity (Wildman–Crippen MR) is 179 cm³/mol. The molecule has 13 heteroatoms. The van der Waals surface area contributed by atoms with E-state index in [4.69, 9.17) is 9.47 Å². The van der Waals surface area contributed by atoms with Crippen LogP contribution in [0, 0.1) is 35.4 Å². The van der Waals surface area contributed by atoms with E-state index in [-0.39, 0.29) is 58.1 Å². The minimum Gasteiger partial charge on any atom is -0.493 e. The van der Waals surface area contributed by atoms with Crippen LogP contribution in [-0.2, 0) is 14.4 Å². The lowest BCUT2D eigenvalue weighted by atomic mass is 9.68. The summed E-state index contributed by atoms with van der Waals surface area (Å²) in [5, 5.41) is 3.53. The Labute approximate surface area is 285 Å². The predicted octanol–water partition coefficient (Wildman–Crippen LogP) is 6.04. The number of fused-ring (bicyclic) bond motifs is 9. The van der Waals surface area contributed by atoms with Crippen LogP contribution in [-0.4, -0.2) is 41.7 Å². The van der Waals surface area contributed by atoms with E-state index in [0.717, 1.165) is 26.4 Å². The number of thiazole rings is 1. The van der Waals surface area contributed by atoms with E-state index in [1.807, 2.05) is 24.3 Å². The molecule has 0 spiro atoms. The fraction of sp³-hybridized carbons (Fsp3) is 0.294. The zero-order valence-electron chi connectivity index (χ0n) is 24.8. The molecule has 4 aromatic rings. The molecule has 1 saturated heterocycles. The molecule has 9 nitrogen and oxygen atoms in total. The van der Waals surface area contributed by atoms with Gasteiger partial charge in [-0.05, 0) is 90.4 Å². The summed E-state index contributed by atoms with van der Waals surface area (Å²) in [6, 6.07) is 18.2. The summed E-state index contributed by atoms with van der Waals surface area (Å²) in [6.45, 7) is -0.292. The number of hydrogen-bond donors (Lipinski definition) is 2. The third-order valence-electron chi connectivity index (χ3n) is 9.84. The maximum atomic E-state index is 14.0. The summed E-state index contributed by atoms with van der Waals surface area (Å²) >= 11 is 6.24. The number of halogens is 2. The van der Waals surface area contributed by atoms with Crippen LogP contribution < -0.4 is 24.6 Å². The number of anilines is 2. The van der Waals surface area contributed by atoms with E-state index >= 15 is 0 Å². The van der Waals surface area contributed by atoms with E-state index in [9.17, 15) is 23.6 Å². The minimum atomic E-state index is -0.416. The highest BCUT2D eigenvalue weighted by Gasteiger charge is 2.69. The van der Waals surface area contributed by atoms with Gasteiger partial charge in [-0.25, -0.2) is 4.39 Å².